The fraction of sp³-hybridized carbons (Fsp3) is 0.667. The average Bonchev–Trinajstić information content (AvgIpc) is 2.47. The average molecular weight is 307 g/mol. The van der Waals surface area contributed by atoms with Gasteiger partial charge in [0.05, 0.1) is 13.2 Å². The molecule has 1 heterocycles. The normalized spacial score (nSPS) is 18.3. The highest BCUT2D eigenvalue weighted by molar-refractivity contribution is 5.42. The number of morpholine rings is 1. The number of aromatic hydroxyl groups is 2. The van der Waals surface area contributed by atoms with Crippen LogP contribution < -0.4 is 0 Å². The minimum Gasteiger partial charge on any atom is -0.508 e. The van der Waals surface area contributed by atoms with Crippen molar-refractivity contribution in [3.63, 3.8) is 0 Å². The van der Waals surface area contributed by atoms with Crippen molar-refractivity contribution in [2.75, 3.05) is 26.3 Å². The molecule has 22 heavy (non-hydrogen) atoms. The Morgan fingerprint density at radius 2 is 1.91 bits per heavy atom. The van der Waals surface area contributed by atoms with Crippen LogP contribution in [0.5, 0.6) is 11.5 Å². The molecule has 0 radical (unpaired) electrons. The molecule has 0 spiro atoms. The van der Waals surface area contributed by atoms with E-state index < -0.39 is 0 Å². The van der Waals surface area contributed by atoms with Crippen molar-refractivity contribution in [1.29, 1.82) is 0 Å². The maximum absolute atomic E-state index is 10.1. The van der Waals surface area contributed by atoms with Crippen LogP contribution in [0.15, 0.2) is 18.2 Å². The zero-order valence-electron chi connectivity index (χ0n) is 14.0. The number of phenolic OH excluding ortho intramolecular Hbond substituents is 2. The van der Waals surface area contributed by atoms with Gasteiger partial charge >= 0.3 is 0 Å². The van der Waals surface area contributed by atoms with Gasteiger partial charge in [0.1, 0.15) is 11.5 Å². The van der Waals surface area contributed by atoms with Crippen LogP contribution in [0.2, 0.25) is 0 Å². The van der Waals surface area contributed by atoms with Crippen LogP contribution >= 0.6 is 0 Å². The summed E-state index contributed by atoms with van der Waals surface area (Å²) < 4.78 is 5.40. The molecule has 4 nitrogen and oxygen atoms in total. The van der Waals surface area contributed by atoms with Crippen molar-refractivity contribution >= 4 is 0 Å². The number of rotatable bonds is 6. The summed E-state index contributed by atoms with van der Waals surface area (Å²) in [5, 5.41) is 19.5. The minimum atomic E-state index is -0.0947. The summed E-state index contributed by atoms with van der Waals surface area (Å²) in [6, 6.07) is 5.48. The predicted octanol–water partition coefficient (Wildman–Crippen LogP) is 3.27. The monoisotopic (exact) mass is 307 g/mol. The Hall–Kier alpha value is -1.26. The lowest BCUT2D eigenvalue weighted by Crippen LogP contribution is -2.42. The van der Waals surface area contributed by atoms with Gasteiger partial charge in [-0.15, -0.1) is 0 Å². The van der Waals surface area contributed by atoms with Crippen molar-refractivity contribution in [1.82, 2.24) is 4.90 Å². The van der Waals surface area contributed by atoms with E-state index in [2.05, 4.69) is 25.7 Å². The quantitative estimate of drug-likeness (QED) is 0.847. The Morgan fingerprint density at radius 3 is 2.55 bits per heavy atom. The van der Waals surface area contributed by atoms with E-state index in [0.717, 1.165) is 51.1 Å². The molecule has 1 aromatic carbocycles. The number of nitrogens with zero attached hydrogens (tertiary/aromatic N) is 1. The minimum absolute atomic E-state index is 0.0947. The molecule has 4 heteroatoms. The number of hydrogen-bond acceptors (Lipinski definition) is 4. The van der Waals surface area contributed by atoms with Crippen LogP contribution in [0.1, 0.15) is 45.6 Å². The molecule has 1 unspecified atom stereocenters. The van der Waals surface area contributed by atoms with E-state index in [1.54, 1.807) is 6.07 Å². The van der Waals surface area contributed by atoms with Gasteiger partial charge in [-0.3, -0.25) is 4.90 Å². The molecule has 0 amide bonds. The second-order valence-electron chi connectivity index (χ2n) is 6.97. The molecule has 1 saturated heterocycles. The van der Waals surface area contributed by atoms with E-state index in [4.69, 9.17) is 4.74 Å². The van der Waals surface area contributed by atoms with E-state index in [1.165, 1.54) is 6.07 Å². The highest BCUT2D eigenvalue weighted by atomic mass is 16.5. The molecule has 2 rings (SSSR count). The predicted molar refractivity (Wildman–Crippen MR) is 88.5 cm³/mol. The van der Waals surface area contributed by atoms with Crippen molar-refractivity contribution in [2.24, 2.45) is 0 Å². The summed E-state index contributed by atoms with van der Waals surface area (Å²) in [5.74, 6) is 0.296. The van der Waals surface area contributed by atoms with Gasteiger partial charge in [0.25, 0.3) is 0 Å². The van der Waals surface area contributed by atoms with Gasteiger partial charge < -0.3 is 14.9 Å². The largest absolute Gasteiger partial charge is 0.508 e. The van der Waals surface area contributed by atoms with Crippen molar-refractivity contribution < 1.29 is 14.9 Å². The first kappa shape index (κ1) is 17.1. The van der Waals surface area contributed by atoms with Gasteiger partial charge in [-0.05, 0) is 36.8 Å². The number of benzene rings is 1. The number of phenols is 2. The van der Waals surface area contributed by atoms with Gasteiger partial charge in [-0.25, -0.2) is 0 Å². The van der Waals surface area contributed by atoms with Gasteiger partial charge in [0.15, 0.2) is 0 Å². The molecule has 1 aliphatic rings. The molecule has 0 saturated carbocycles. The molecule has 0 aliphatic carbocycles. The van der Waals surface area contributed by atoms with Crippen LogP contribution in [-0.4, -0.2) is 47.5 Å². The standard InChI is InChI=1S/C18H29NO3/c1-14(19-9-11-22-12-10-19)5-4-8-18(2,3)16-7-6-15(20)13-17(16)21/h6-7,13-14,20-21H,4-5,8-12H2,1-3H3. The highest BCUT2D eigenvalue weighted by Crippen LogP contribution is 2.36. The van der Waals surface area contributed by atoms with E-state index in [0.29, 0.717) is 6.04 Å². The highest BCUT2D eigenvalue weighted by Gasteiger charge is 2.25. The molecule has 1 aromatic rings. The molecule has 2 N–H and O–H groups in total. The third kappa shape index (κ3) is 4.37. The first-order valence-corrected chi connectivity index (χ1v) is 8.24. The smallest absolute Gasteiger partial charge is 0.122 e. The molecule has 0 aromatic heterocycles. The van der Waals surface area contributed by atoms with Crippen LogP contribution in [0.3, 0.4) is 0 Å². The molecule has 1 atom stereocenters. The zero-order chi connectivity index (χ0) is 16.2. The van der Waals surface area contributed by atoms with Gasteiger partial charge in [-0.2, -0.15) is 0 Å². The maximum atomic E-state index is 10.1. The van der Waals surface area contributed by atoms with Crippen molar-refractivity contribution in [2.45, 2.75) is 51.5 Å². The second kappa shape index (κ2) is 7.34. The molecular weight excluding hydrogens is 278 g/mol. The van der Waals surface area contributed by atoms with Crippen LogP contribution in [0.4, 0.5) is 0 Å². The van der Waals surface area contributed by atoms with Crippen molar-refractivity contribution in [3.05, 3.63) is 23.8 Å². The summed E-state index contributed by atoms with van der Waals surface area (Å²) >= 11 is 0. The molecule has 1 aliphatic heterocycles. The first-order valence-electron chi connectivity index (χ1n) is 8.24. The molecule has 1 fully saturated rings. The SMILES string of the molecule is CC(CCCC(C)(C)c1ccc(O)cc1O)N1CCOCC1. The summed E-state index contributed by atoms with van der Waals surface area (Å²) in [7, 11) is 0. The summed E-state index contributed by atoms with van der Waals surface area (Å²) in [6.07, 6.45) is 3.29. The number of hydrogen-bond donors (Lipinski definition) is 2. The lowest BCUT2D eigenvalue weighted by atomic mass is 9.79. The second-order valence-corrected chi connectivity index (χ2v) is 6.97. The maximum Gasteiger partial charge on any atom is 0.122 e. The summed E-state index contributed by atoms with van der Waals surface area (Å²) in [6.45, 7) is 10.3. The number of ether oxygens (including phenoxy) is 1. The Kier molecular flexibility index (Phi) is 5.70. The molecule has 124 valence electrons. The van der Waals surface area contributed by atoms with Crippen LogP contribution in [0.25, 0.3) is 0 Å². The fourth-order valence-corrected chi connectivity index (χ4v) is 3.27. The van der Waals surface area contributed by atoms with E-state index in [1.807, 2.05) is 6.07 Å². The topological polar surface area (TPSA) is 52.9 Å². The molecule has 0 bridgehead atoms. The van der Waals surface area contributed by atoms with Gasteiger partial charge in [0, 0.05) is 25.2 Å². The lowest BCUT2D eigenvalue weighted by molar-refractivity contribution is 0.0179. The Labute approximate surface area is 133 Å². The van der Waals surface area contributed by atoms with Gasteiger partial charge in [-0.1, -0.05) is 26.3 Å². The summed E-state index contributed by atoms with van der Waals surface area (Å²) in [5.41, 5.74) is 0.812. The van der Waals surface area contributed by atoms with E-state index in [-0.39, 0.29) is 16.9 Å². The fourth-order valence-electron chi connectivity index (χ4n) is 3.27. The third-order valence-electron chi connectivity index (χ3n) is 4.80. The molecular formula is C18H29NO3. The Balaban J connectivity index is 1.86. The van der Waals surface area contributed by atoms with E-state index >= 15 is 0 Å². The third-order valence-corrected chi connectivity index (χ3v) is 4.80. The lowest BCUT2D eigenvalue weighted by Gasteiger charge is -2.33. The van der Waals surface area contributed by atoms with Crippen LogP contribution in [0, 0.1) is 0 Å². The Bertz CT molecular complexity index is 481. The zero-order valence-corrected chi connectivity index (χ0v) is 14.0. The van der Waals surface area contributed by atoms with Gasteiger partial charge in [0.2, 0.25) is 0 Å². The van der Waals surface area contributed by atoms with E-state index in [9.17, 15) is 10.2 Å². The van der Waals surface area contributed by atoms with Crippen molar-refractivity contribution in [3.8, 4) is 11.5 Å². The first-order chi connectivity index (χ1) is 10.4. The van der Waals surface area contributed by atoms with Crippen LogP contribution in [-0.2, 0) is 10.2 Å². The summed E-state index contributed by atoms with van der Waals surface area (Å²) in [4.78, 5) is 2.49. The Morgan fingerprint density at radius 1 is 1.23 bits per heavy atom.